The summed E-state index contributed by atoms with van der Waals surface area (Å²) in [5, 5.41) is 1.66. The molecular weight excluding hydrogens is 292 g/mol. The molecule has 1 aliphatic carbocycles. The fourth-order valence-corrected chi connectivity index (χ4v) is 4.70. The molecule has 2 heterocycles. The Labute approximate surface area is 128 Å². The van der Waals surface area contributed by atoms with Gasteiger partial charge in [-0.3, -0.25) is 0 Å². The summed E-state index contributed by atoms with van der Waals surface area (Å²) in [5.41, 5.74) is 0.948. The maximum Gasteiger partial charge on any atom is 0.163 e. The van der Waals surface area contributed by atoms with Crippen LogP contribution >= 0.6 is 22.9 Å². The second-order valence-corrected chi connectivity index (χ2v) is 6.72. The predicted octanol–water partition coefficient (Wildman–Crippen LogP) is 4.50. The molecule has 0 N–H and O–H groups in total. The van der Waals surface area contributed by atoms with Crippen LogP contribution in [0.25, 0.3) is 10.2 Å². The van der Waals surface area contributed by atoms with E-state index in [9.17, 15) is 0 Å². The quantitative estimate of drug-likeness (QED) is 0.780. The highest BCUT2D eigenvalue weighted by Gasteiger charge is 2.33. The zero-order valence-electron chi connectivity index (χ0n) is 12.1. The maximum atomic E-state index is 6.46. The Morgan fingerprint density at radius 1 is 1.25 bits per heavy atom. The molecule has 0 amide bonds. The zero-order valence-corrected chi connectivity index (χ0v) is 13.7. The van der Waals surface area contributed by atoms with E-state index < -0.39 is 5.60 Å². The highest BCUT2D eigenvalue weighted by Crippen LogP contribution is 2.41. The smallest absolute Gasteiger partial charge is 0.163 e. The summed E-state index contributed by atoms with van der Waals surface area (Å²) in [7, 11) is 1.73. The minimum Gasteiger partial charge on any atom is -0.370 e. The van der Waals surface area contributed by atoms with Gasteiger partial charge in [0.1, 0.15) is 15.6 Å². The van der Waals surface area contributed by atoms with Gasteiger partial charge in [-0.15, -0.1) is 11.3 Å². The highest BCUT2D eigenvalue weighted by molar-refractivity contribution is 7.19. The van der Waals surface area contributed by atoms with Gasteiger partial charge in [0.2, 0.25) is 0 Å². The first-order valence-corrected chi connectivity index (χ1v) is 8.38. The van der Waals surface area contributed by atoms with Gasteiger partial charge in [-0.05, 0) is 37.7 Å². The molecule has 0 radical (unpaired) electrons. The molecule has 0 fully saturated rings. The minimum absolute atomic E-state index is 0.424. The number of ether oxygens (including phenoxy) is 1. The van der Waals surface area contributed by atoms with Gasteiger partial charge in [0.25, 0.3) is 0 Å². The first kappa shape index (κ1) is 14.2. The lowest BCUT2D eigenvalue weighted by Crippen LogP contribution is -2.29. The van der Waals surface area contributed by atoms with Crippen LogP contribution in [0.4, 0.5) is 0 Å². The van der Waals surface area contributed by atoms with Gasteiger partial charge >= 0.3 is 0 Å². The molecule has 1 aliphatic rings. The van der Waals surface area contributed by atoms with E-state index in [-0.39, 0.29) is 0 Å². The molecule has 0 atom stereocenters. The molecule has 0 saturated heterocycles. The zero-order chi connectivity index (χ0) is 14.3. The number of halogens is 1. The molecule has 3 nitrogen and oxygen atoms in total. The van der Waals surface area contributed by atoms with E-state index in [2.05, 4.69) is 18.8 Å². The summed E-state index contributed by atoms with van der Waals surface area (Å²) in [6.07, 6.45) is 5.16. The Hall–Kier alpha value is -0.710. The van der Waals surface area contributed by atoms with Crippen LogP contribution in [0.5, 0.6) is 0 Å². The molecular formula is C15H19ClN2OS. The van der Waals surface area contributed by atoms with E-state index >= 15 is 0 Å². The van der Waals surface area contributed by atoms with E-state index in [1.807, 2.05) is 0 Å². The van der Waals surface area contributed by atoms with Crippen molar-refractivity contribution in [1.29, 1.82) is 0 Å². The van der Waals surface area contributed by atoms with Crippen LogP contribution in [0, 0.1) is 0 Å². The number of hydrogen-bond donors (Lipinski definition) is 0. The largest absolute Gasteiger partial charge is 0.370 e. The second-order valence-electron chi connectivity index (χ2n) is 5.28. The highest BCUT2D eigenvalue weighted by atomic mass is 35.5. The van der Waals surface area contributed by atoms with E-state index in [0.29, 0.717) is 5.15 Å². The molecule has 2 aromatic rings. The number of hydrogen-bond acceptors (Lipinski definition) is 4. The summed E-state index contributed by atoms with van der Waals surface area (Å²) >= 11 is 8.24. The molecule has 3 rings (SSSR count). The molecule has 0 aromatic carbocycles. The molecule has 0 saturated carbocycles. The van der Waals surface area contributed by atoms with Crippen LogP contribution < -0.4 is 0 Å². The molecule has 0 bridgehead atoms. The average molecular weight is 311 g/mol. The van der Waals surface area contributed by atoms with Crippen LogP contribution in [0.2, 0.25) is 5.15 Å². The van der Waals surface area contributed by atoms with Crippen LogP contribution in [0.15, 0.2) is 0 Å². The summed E-state index contributed by atoms with van der Waals surface area (Å²) in [6, 6.07) is 0. The van der Waals surface area contributed by atoms with Crippen molar-refractivity contribution in [2.24, 2.45) is 0 Å². The van der Waals surface area contributed by atoms with Crippen molar-refractivity contribution >= 4 is 33.2 Å². The van der Waals surface area contributed by atoms with Gasteiger partial charge in [0.05, 0.1) is 5.39 Å². The summed E-state index contributed by atoms with van der Waals surface area (Å²) in [4.78, 5) is 11.8. The van der Waals surface area contributed by atoms with Crippen molar-refractivity contribution in [3.05, 3.63) is 21.4 Å². The third kappa shape index (κ3) is 1.97. The van der Waals surface area contributed by atoms with E-state index in [4.69, 9.17) is 21.3 Å². The third-order valence-corrected chi connectivity index (χ3v) is 5.92. The Kier molecular flexibility index (Phi) is 3.73. The summed E-state index contributed by atoms with van der Waals surface area (Å²) in [6.45, 7) is 4.20. The standard InChI is InChI=1S/C15H19ClN2OS/c1-4-15(5-2,19-3)14-17-12(16)11-9-7-6-8-10(9)20-13(11)18-14/h4-8H2,1-3H3. The minimum atomic E-state index is -0.424. The fraction of sp³-hybridized carbons (Fsp3) is 0.600. The van der Waals surface area contributed by atoms with Crippen molar-refractivity contribution in [3.63, 3.8) is 0 Å². The first-order chi connectivity index (χ1) is 9.65. The molecule has 2 aromatic heterocycles. The van der Waals surface area contributed by atoms with Crippen LogP contribution in [-0.4, -0.2) is 17.1 Å². The monoisotopic (exact) mass is 310 g/mol. The van der Waals surface area contributed by atoms with Crippen molar-refractivity contribution in [2.45, 2.75) is 51.6 Å². The lowest BCUT2D eigenvalue weighted by molar-refractivity contribution is -0.0288. The first-order valence-electron chi connectivity index (χ1n) is 7.18. The van der Waals surface area contributed by atoms with Gasteiger partial charge in [-0.2, -0.15) is 0 Å². The lowest BCUT2D eigenvalue weighted by atomic mass is 9.96. The number of aryl methyl sites for hydroxylation is 2. The molecule has 0 unspecified atom stereocenters. The molecule has 5 heteroatoms. The third-order valence-electron chi connectivity index (χ3n) is 4.46. The number of nitrogens with zero attached hydrogens (tertiary/aromatic N) is 2. The predicted molar refractivity (Wildman–Crippen MR) is 83.7 cm³/mol. The molecule has 0 aliphatic heterocycles. The summed E-state index contributed by atoms with van der Waals surface area (Å²) in [5.74, 6) is 0.724. The van der Waals surface area contributed by atoms with E-state index in [1.165, 1.54) is 16.9 Å². The Morgan fingerprint density at radius 2 is 2.00 bits per heavy atom. The normalized spacial score (nSPS) is 15.0. The lowest BCUT2D eigenvalue weighted by Gasteiger charge is -2.28. The molecule has 0 spiro atoms. The van der Waals surface area contributed by atoms with Gasteiger partial charge < -0.3 is 4.74 Å². The Balaban J connectivity index is 2.20. The number of thiophene rings is 1. The number of fused-ring (bicyclic) bond motifs is 3. The van der Waals surface area contributed by atoms with Crippen molar-refractivity contribution in [2.75, 3.05) is 7.11 Å². The fourth-order valence-electron chi connectivity index (χ4n) is 3.10. The summed E-state index contributed by atoms with van der Waals surface area (Å²) < 4.78 is 5.72. The van der Waals surface area contributed by atoms with E-state index in [1.54, 1.807) is 18.4 Å². The van der Waals surface area contributed by atoms with Crippen molar-refractivity contribution in [3.8, 4) is 0 Å². The van der Waals surface area contributed by atoms with Gasteiger partial charge in [0.15, 0.2) is 5.82 Å². The van der Waals surface area contributed by atoms with Crippen LogP contribution in [-0.2, 0) is 23.2 Å². The average Bonchev–Trinajstić information content (AvgIpc) is 3.01. The van der Waals surface area contributed by atoms with Gasteiger partial charge in [0, 0.05) is 12.0 Å². The number of methoxy groups -OCH3 is 1. The number of aromatic nitrogens is 2. The van der Waals surface area contributed by atoms with E-state index in [0.717, 1.165) is 41.7 Å². The van der Waals surface area contributed by atoms with Crippen molar-refractivity contribution in [1.82, 2.24) is 9.97 Å². The van der Waals surface area contributed by atoms with Crippen molar-refractivity contribution < 1.29 is 4.74 Å². The molecule has 108 valence electrons. The SMILES string of the molecule is CCC(CC)(OC)c1nc(Cl)c2c3c(sc2n1)CCC3. The van der Waals surface area contributed by atoms with Gasteiger partial charge in [-0.25, -0.2) is 9.97 Å². The van der Waals surface area contributed by atoms with Crippen LogP contribution in [0.3, 0.4) is 0 Å². The van der Waals surface area contributed by atoms with Gasteiger partial charge in [-0.1, -0.05) is 25.4 Å². The Bertz CT molecular complexity index is 641. The maximum absolute atomic E-state index is 6.46. The molecule has 20 heavy (non-hydrogen) atoms. The number of rotatable bonds is 4. The second kappa shape index (κ2) is 5.24. The van der Waals surface area contributed by atoms with Crippen LogP contribution in [0.1, 0.15) is 49.4 Å². The Morgan fingerprint density at radius 3 is 2.65 bits per heavy atom. The topological polar surface area (TPSA) is 35.0 Å².